The minimum absolute atomic E-state index is 0.112. The number of carbonyl (C=O) groups excluding carboxylic acids is 1. The molecule has 152 valence electrons. The highest BCUT2D eigenvalue weighted by Gasteiger charge is 2.16. The Hall–Kier alpha value is -2.46. The summed E-state index contributed by atoms with van der Waals surface area (Å²) in [5.41, 5.74) is 1.11. The number of unbranched alkanes of at least 4 members (excludes halogenated alkanes) is 1. The van der Waals surface area contributed by atoms with Crippen molar-refractivity contribution in [2.75, 3.05) is 18.5 Å². The lowest BCUT2D eigenvalue weighted by atomic mass is 10.1. The molecule has 0 aliphatic heterocycles. The highest BCUT2D eigenvalue weighted by Crippen LogP contribution is 2.37. The maximum absolute atomic E-state index is 11.7. The second-order valence-electron chi connectivity index (χ2n) is 5.99. The quantitative estimate of drug-likeness (QED) is 0.232. The van der Waals surface area contributed by atoms with Crippen LogP contribution in [0.25, 0.3) is 11.4 Å². The standard InChI is InChI=1S/C19H18Br2N4O4/c20-11-15(26)14-7-8-16(17(21)18(14)27)29-10-2-1-9-28-13-5-3-12(4-6-13)19-22-24-25-23-19/h3-8,27H,1-2,9-11H2,(H,22,23,24,25). The molecule has 0 amide bonds. The Balaban J connectivity index is 1.40. The highest BCUT2D eigenvalue weighted by molar-refractivity contribution is 9.10. The minimum Gasteiger partial charge on any atom is -0.506 e. The number of rotatable bonds is 10. The third-order valence-corrected chi connectivity index (χ3v) is 5.30. The van der Waals surface area contributed by atoms with Crippen molar-refractivity contribution >= 4 is 37.6 Å². The van der Waals surface area contributed by atoms with E-state index in [-0.39, 0.29) is 22.4 Å². The third kappa shape index (κ3) is 5.54. The number of aromatic nitrogens is 4. The van der Waals surface area contributed by atoms with Crippen LogP contribution in [0.15, 0.2) is 40.9 Å². The van der Waals surface area contributed by atoms with Crippen LogP contribution in [0.1, 0.15) is 23.2 Å². The van der Waals surface area contributed by atoms with Crippen molar-refractivity contribution in [2.24, 2.45) is 0 Å². The number of aromatic amines is 1. The Labute approximate surface area is 183 Å². The van der Waals surface area contributed by atoms with Gasteiger partial charge in [-0.05, 0) is 70.4 Å². The molecule has 1 heterocycles. The van der Waals surface area contributed by atoms with Gasteiger partial charge in [0.2, 0.25) is 5.82 Å². The second kappa shape index (κ2) is 10.4. The third-order valence-electron chi connectivity index (χ3n) is 4.03. The molecule has 3 rings (SSSR count). The molecule has 0 unspecified atom stereocenters. The Morgan fingerprint density at radius 2 is 1.79 bits per heavy atom. The van der Waals surface area contributed by atoms with Crippen LogP contribution >= 0.6 is 31.9 Å². The van der Waals surface area contributed by atoms with E-state index in [0.717, 1.165) is 24.2 Å². The summed E-state index contributed by atoms with van der Waals surface area (Å²) in [6.45, 7) is 1.01. The summed E-state index contributed by atoms with van der Waals surface area (Å²) in [5.74, 6) is 1.48. The number of carbonyl (C=O) groups is 1. The van der Waals surface area contributed by atoms with Gasteiger partial charge >= 0.3 is 0 Å². The number of benzene rings is 2. The molecule has 3 aromatic rings. The lowest BCUT2D eigenvalue weighted by Crippen LogP contribution is -2.04. The second-order valence-corrected chi connectivity index (χ2v) is 7.35. The zero-order chi connectivity index (χ0) is 20.6. The zero-order valence-electron chi connectivity index (χ0n) is 15.3. The molecule has 8 nitrogen and oxygen atoms in total. The molecule has 0 aliphatic carbocycles. The van der Waals surface area contributed by atoms with Gasteiger partial charge < -0.3 is 14.6 Å². The van der Waals surface area contributed by atoms with Crippen molar-refractivity contribution in [1.82, 2.24) is 20.6 Å². The van der Waals surface area contributed by atoms with Gasteiger partial charge in [0, 0.05) is 5.56 Å². The van der Waals surface area contributed by atoms with Crippen LogP contribution in [0.2, 0.25) is 0 Å². The summed E-state index contributed by atoms with van der Waals surface area (Å²) in [4.78, 5) is 11.7. The van der Waals surface area contributed by atoms with Crippen LogP contribution < -0.4 is 9.47 Å². The lowest BCUT2D eigenvalue weighted by Gasteiger charge is -2.11. The van der Waals surface area contributed by atoms with Crippen LogP contribution in [-0.2, 0) is 0 Å². The average molecular weight is 526 g/mol. The van der Waals surface area contributed by atoms with Crippen LogP contribution in [0.4, 0.5) is 0 Å². The minimum atomic E-state index is -0.197. The van der Waals surface area contributed by atoms with Crippen LogP contribution in [0.5, 0.6) is 17.2 Å². The molecule has 1 aromatic heterocycles. The normalized spacial score (nSPS) is 10.7. The first-order chi connectivity index (χ1) is 14.1. The summed E-state index contributed by atoms with van der Waals surface area (Å²) in [6.07, 6.45) is 1.58. The molecule has 2 N–H and O–H groups in total. The molecular formula is C19H18Br2N4O4. The largest absolute Gasteiger partial charge is 0.506 e. The molecule has 0 fully saturated rings. The molecule has 0 spiro atoms. The zero-order valence-corrected chi connectivity index (χ0v) is 18.4. The first kappa shape index (κ1) is 21.3. The fraction of sp³-hybridized carbons (Fsp3) is 0.263. The summed E-state index contributed by atoms with van der Waals surface area (Å²) < 4.78 is 11.8. The molecule has 0 saturated carbocycles. The smallest absolute Gasteiger partial charge is 0.204 e. The molecule has 0 atom stereocenters. The number of tetrazole rings is 1. The van der Waals surface area contributed by atoms with Crippen molar-refractivity contribution in [2.45, 2.75) is 12.8 Å². The SMILES string of the molecule is O=C(CBr)c1ccc(OCCCCOc2ccc(-c3nn[nH]n3)cc2)c(Br)c1O. The monoisotopic (exact) mass is 524 g/mol. The van der Waals surface area contributed by atoms with Gasteiger partial charge in [-0.1, -0.05) is 15.9 Å². The molecule has 0 radical (unpaired) electrons. The predicted octanol–water partition coefficient (Wildman–Crippen LogP) is 4.15. The maximum atomic E-state index is 11.7. The van der Waals surface area contributed by atoms with Crippen molar-refractivity contribution in [3.05, 3.63) is 46.4 Å². The van der Waals surface area contributed by atoms with Crippen LogP contribution in [-0.4, -0.2) is 50.1 Å². The number of nitrogens with zero attached hydrogens (tertiary/aromatic N) is 3. The number of ether oxygens (including phenoxy) is 2. The fourth-order valence-electron chi connectivity index (χ4n) is 2.52. The van der Waals surface area contributed by atoms with E-state index in [1.54, 1.807) is 12.1 Å². The number of ketones is 1. The molecule has 29 heavy (non-hydrogen) atoms. The van der Waals surface area contributed by atoms with E-state index in [0.29, 0.717) is 29.3 Å². The van der Waals surface area contributed by atoms with Gasteiger partial charge in [0.15, 0.2) is 5.78 Å². The van der Waals surface area contributed by atoms with Crippen molar-refractivity contribution < 1.29 is 19.4 Å². The summed E-state index contributed by atoms with van der Waals surface area (Å²) >= 11 is 6.38. The molecule has 2 aromatic carbocycles. The van der Waals surface area contributed by atoms with Crippen molar-refractivity contribution in [3.63, 3.8) is 0 Å². The van der Waals surface area contributed by atoms with E-state index in [1.807, 2.05) is 24.3 Å². The van der Waals surface area contributed by atoms with Crippen molar-refractivity contribution in [1.29, 1.82) is 0 Å². The predicted molar refractivity (Wildman–Crippen MR) is 114 cm³/mol. The Bertz CT molecular complexity index is 950. The first-order valence-electron chi connectivity index (χ1n) is 8.80. The topological polar surface area (TPSA) is 110 Å². The summed E-state index contributed by atoms with van der Waals surface area (Å²) in [5, 5.41) is 24.1. The van der Waals surface area contributed by atoms with Gasteiger partial charge in [0.05, 0.1) is 24.1 Å². The number of aromatic hydroxyl groups is 1. The highest BCUT2D eigenvalue weighted by atomic mass is 79.9. The lowest BCUT2D eigenvalue weighted by molar-refractivity contribution is 0.102. The summed E-state index contributed by atoms with van der Waals surface area (Å²) in [7, 11) is 0. The average Bonchev–Trinajstić information content (AvgIpc) is 3.28. The number of Topliss-reactive ketones (excluding diaryl/α,β-unsaturated/α-hetero) is 1. The van der Waals surface area contributed by atoms with Gasteiger partial charge in [-0.15, -0.1) is 10.2 Å². The van der Waals surface area contributed by atoms with E-state index in [1.165, 1.54) is 0 Å². The Morgan fingerprint density at radius 1 is 1.07 bits per heavy atom. The van der Waals surface area contributed by atoms with Gasteiger partial charge in [0.25, 0.3) is 0 Å². The molecule has 0 aliphatic rings. The van der Waals surface area contributed by atoms with E-state index in [9.17, 15) is 9.90 Å². The van der Waals surface area contributed by atoms with Crippen LogP contribution in [0, 0.1) is 0 Å². The maximum Gasteiger partial charge on any atom is 0.204 e. The number of halogens is 2. The van der Waals surface area contributed by atoms with Gasteiger partial charge in [0.1, 0.15) is 21.7 Å². The fourth-order valence-corrected chi connectivity index (χ4v) is 3.28. The van der Waals surface area contributed by atoms with Crippen molar-refractivity contribution in [3.8, 4) is 28.6 Å². The number of nitrogens with one attached hydrogen (secondary N) is 1. The summed E-state index contributed by atoms with van der Waals surface area (Å²) in [6, 6.07) is 10.7. The number of hydrogen-bond donors (Lipinski definition) is 2. The van der Waals surface area contributed by atoms with Gasteiger partial charge in [-0.25, -0.2) is 0 Å². The van der Waals surface area contributed by atoms with E-state index < -0.39 is 0 Å². The Morgan fingerprint density at radius 3 is 2.45 bits per heavy atom. The Kier molecular flexibility index (Phi) is 7.59. The van der Waals surface area contributed by atoms with Gasteiger partial charge in [-0.3, -0.25) is 4.79 Å². The van der Waals surface area contributed by atoms with E-state index in [4.69, 9.17) is 9.47 Å². The number of phenols is 1. The first-order valence-corrected chi connectivity index (χ1v) is 10.7. The van der Waals surface area contributed by atoms with Gasteiger partial charge in [-0.2, -0.15) is 5.21 Å². The molecular weight excluding hydrogens is 508 g/mol. The molecule has 10 heteroatoms. The number of hydrogen-bond acceptors (Lipinski definition) is 7. The molecule has 0 bridgehead atoms. The molecule has 0 saturated heterocycles. The van der Waals surface area contributed by atoms with Crippen LogP contribution in [0.3, 0.4) is 0 Å². The van der Waals surface area contributed by atoms with E-state index >= 15 is 0 Å². The number of phenolic OH excluding ortho intramolecular Hbond substituents is 1. The number of H-pyrrole nitrogens is 1. The number of alkyl halides is 1. The van der Waals surface area contributed by atoms with E-state index in [2.05, 4.69) is 52.5 Å².